The molecule has 0 aliphatic heterocycles. The number of ether oxygens (including phenoxy) is 1. The van der Waals surface area contributed by atoms with E-state index in [4.69, 9.17) is 4.74 Å². The molecule has 0 aromatic rings. The van der Waals surface area contributed by atoms with Crippen LogP contribution in [0.3, 0.4) is 0 Å². The van der Waals surface area contributed by atoms with E-state index < -0.39 is 0 Å². The second-order valence-corrected chi connectivity index (χ2v) is 1.69. The number of methoxy groups -OCH3 is 1. The van der Waals surface area contributed by atoms with Crippen LogP contribution < -0.4 is 10.9 Å². The van der Waals surface area contributed by atoms with Crippen molar-refractivity contribution in [3.63, 3.8) is 0 Å². The van der Waals surface area contributed by atoms with Crippen LogP contribution in [-0.4, -0.2) is 20.3 Å². The molecule has 0 aliphatic carbocycles. The average molecular weight is 130 g/mol. The van der Waals surface area contributed by atoms with Crippen molar-refractivity contribution in [2.24, 2.45) is 0 Å². The minimum absolute atomic E-state index is 0.172. The van der Waals surface area contributed by atoms with Gasteiger partial charge in [0.15, 0.2) is 0 Å². The zero-order valence-corrected chi connectivity index (χ0v) is 6.14. The molecule has 0 bridgehead atoms. The number of rotatable bonds is 4. The predicted octanol–water partition coefficient (Wildman–Crippen LogP) is 0.259. The van der Waals surface area contributed by atoms with Gasteiger partial charge in [-0.25, -0.2) is 5.43 Å². The summed E-state index contributed by atoms with van der Waals surface area (Å²) < 4.78 is 4.94. The van der Waals surface area contributed by atoms with Gasteiger partial charge in [0, 0.05) is 20.4 Å². The second-order valence-electron chi connectivity index (χ2n) is 1.69. The molecule has 1 unspecified atom stereocenters. The highest BCUT2D eigenvalue weighted by atomic mass is 16.5. The van der Waals surface area contributed by atoms with Gasteiger partial charge < -0.3 is 10.2 Å². The molecular formula is C6H14N2O. The average Bonchev–Trinajstić information content (AvgIpc) is 1.89. The second kappa shape index (κ2) is 5.59. The van der Waals surface area contributed by atoms with Crippen LogP contribution in [0.2, 0.25) is 0 Å². The van der Waals surface area contributed by atoms with Gasteiger partial charge in [0.05, 0.1) is 6.10 Å². The molecule has 0 fully saturated rings. The molecule has 0 aromatic heterocycles. The Hall–Kier alpha value is -0.540. The third-order valence-electron chi connectivity index (χ3n) is 0.967. The van der Waals surface area contributed by atoms with Gasteiger partial charge in [-0.2, -0.15) is 0 Å². The Morgan fingerprint density at radius 3 is 2.67 bits per heavy atom. The molecule has 54 valence electrons. The molecule has 0 saturated carbocycles. The molecule has 1 atom stereocenters. The Morgan fingerprint density at radius 1 is 1.56 bits per heavy atom. The van der Waals surface area contributed by atoms with Gasteiger partial charge in [0.1, 0.15) is 0 Å². The Kier molecular flexibility index (Phi) is 5.26. The lowest BCUT2D eigenvalue weighted by molar-refractivity contribution is 0.156. The van der Waals surface area contributed by atoms with E-state index in [9.17, 15) is 0 Å². The first-order chi connectivity index (χ1) is 4.31. The molecule has 0 rings (SSSR count). The third-order valence-corrected chi connectivity index (χ3v) is 0.967. The van der Waals surface area contributed by atoms with Crippen molar-refractivity contribution in [3.8, 4) is 0 Å². The maximum atomic E-state index is 4.94. The molecule has 0 aromatic carbocycles. The Labute approximate surface area is 56.1 Å². The Bertz CT molecular complexity index is 83.1. The smallest absolute Gasteiger partial charge is 0.0741 e. The van der Waals surface area contributed by atoms with Crippen LogP contribution in [0, 0.1) is 0 Å². The van der Waals surface area contributed by atoms with Crippen molar-refractivity contribution in [2.75, 3.05) is 14.2 Å². The summed E-state index contributed by atoms with van der Waals surface area (Å²) in [6, 6.07) is 0. The van der Waals surface area contributed by atoms with E-state index in [0.717, 1.165) is 0 Å². The topological polar surface area (TPSA) is 33.3 Å². The third kappa shape index (κ3) is 5.33. The molecule has 0 aliphatic rings. The van der Waals surface area contributed by atoms with Crippen LogP contribution in [0.4, 0.5) is 0 Å². The number of hydrazine groups is 1. The Balaban J connectivity index is 3.20. The summed E-state index contributed by atoms with van der Waals surface area (Å²) in [6.45, 7) is 1.97. The van der Waals surface area contributed by atoms with E-state index in [0.29, 0.717) is 0 Å². The van der Waals surface area contributed by atoms with Gasteiger partial charge in [-0.1, -0.05) is 0 Å². The molecule has 3 nitrogen and oxygen atoms in total. The first-order valence-electron chi connectivity index (χ1n) is 2.93. The maximum absolute atomic E-state index is 4.94. The molecule has 0 heterocycles. The molecule has 2 N–H and O–H groups in total. The quantitative estimate of drug-likeness (QED) is 0.535. The first kappa shape index (κ1) is 8.46. The summed E-state index contributed by atoms with van der Waals surface area (Å²) in [5.41, 5.74) is 5.56. The van der Waals surface area contributed by atoms with Crippen molar-refractivity contribution >= 4 is 0 Å². The van der Waals surface area contributed by atoms with Gasteiger partial charge in [0.25, 0.3) is 0 Å². The number of nitrogens with one attached hydrogen (secondary N) is 2. The summed E-state index contributed by atoms with van der Waals surface area (Å²) in [7, 11) is 3.48. The Morgan fingerprint density at radius 2 is 2.22 bits per heavy atom. The van der Waals surface area contributed by atoms with Gasteiger partial charge in [0.2, 0.25) is 0 Å². The molecule has 0 spiro atoms. The molecule has 9 heavy (non-hydrogen) atoms. The van der Waals surface area contributed by atoms with E-state index in [1.807, 2.05) is 20.0 Å². The van der Waals surface area contributed by atoms with Gasteiger partial charge in [-0.15, -0.1) is 0 Å². The van der Waals surface area contributed by atoms with Crippen molar-refractivity contribution in [1.82, 2.24) is 10.9 Å². The van der Waals surface area contributed by atoms with Crippen LogP contribution in [0.1, 0.15) is 6.92 Å². The minimum Gasteiger partial charge on any atom is -0.378 e. The fourth-order valence-electron chi connectivity index (χ4n) is 0.346. The van der Waals surface area contributed by atoms with Crippen LogP contribution >= 0.6 is 0 Å². The molecule has 0 saturated heterocycles. The van der Waals surface area contributed by atoms with Crippen molar-refractivity contribution in [1.29, 1.82) is 0 Å². The lowest BCUT2D eigenvalue weighted by Crippen LogP contribution is -2.21. The summed E-state index contributed by atoms with van der Waals surface area (Å²) in [4.78, 5) is 0. The normalized spacial score (nSPS) is 14.1. The van der Waals surface area contributed by atoms with Crippen LogP contribution in [-0.2, 0) is 4.74 Å². The highest BCUT2D eigenvalue weighted by molar-refractivity contribution is 4.83. The molecule has 0 amide bonds. The standard InChI is InChI=1S/C6H14N2O/c1-6(9-3)4-5-8-7-2/h4-8H,1-3H3/b5-4-. The highest BCUT2D eigenvalue weighted by Gasteiger charge is 1.87. The first-order valence-corrected chi connectivity index (χ1v) is 2.93. The lowest BCUT2D eigenvalue weighted by atomic mass is 10.4. The van der Waals surface area contributed by atoms with Gasteiger partial charge in [-0.05, 0) is 13.0 Å². The highest BCUT2D eigenvalue weighted by Crippen LogP contribution is 1.86. The van der Waals surface area contributed by atoms with Gasteiger partial charge >= 0.3 is 0 Å². The fourth-order valence-corrected chi connectivity index (χ4v) is 0.346. The van der Waals surface area contributed by atoms with E-state index in [1.165, 1.54) is 0 Å². The summed E-state index contributed by atoms with van der Waals surface area (Å²) >= 11 is 0. The predicted molar refractivity (Wildman–Crippen MR) is 37.8 cm³/mol. The zero-order valence-electron chi connectivity index (χ0n) is 6.14. The maximum Gasteiger partial charge on any atom is 0.0741 e. The zero-order chi connectivity index (χ0) is 7.11. The molecule has 0 radical (unpaired) electrons. The van der Waals surface area contributed by atoms with E-state index in [-0.39, 0.29) is 6.10 Å². The van der Waals surface area contributed by atoms with Crippen molar-refractivity contribution in [3.05, 3.63) is 12.3 Å². The summed E-state index contributed by atoms with van der Waals surface area (Å²) in [6.07, 6.45) is 3.89. The van der Waals surface area contributed by atoms with Crippen LogP contribution in [0.25, 0.3) is 0 Å². The number of hydrogen-bond donors (Lipinski definition) is 2. The van der Waals surface area contributed by atoms with Crippen molar-refractivity contribution in [2.45, 2.75) is 13.0 Å². The molecule has 3 heteroatoms. The number of hydrogen-bond acceptors (Lipinski definition) is 3. The van der Waals surface area contributed by atoms with E-state index in [2.05, 4.69) is 10.9 Å². The van der Waals surface area contributed by atoms with E-state index >= 15 is 0 Å². The summed E-state index contributed by atoms with van der Waals surface area (Å²) in [5.74, 6) is 0. The monoisotopic (exact) mass is 130 g/mol. The van der Waals surface area contributed by atoms with Crippen molar-refractivity contribution < 1.29 is 4.74 Å². The summed E-state index contributed by atoms with van der Waals surface area (Å²) in [5, 5.41) is 0. The van der Waals surface area contributed by atoms with Gasteiger partial charge in [-0.3, -0.25) is 0 Å². The van der Waals surface area contributed by atoms with Crippen LogP contribution in [0.15, 0.2) is 12.3 Å². The lowest BCUT2D eigenvalue weighted by Gasteiger charge is -2.01. The van der Waals surface area contributed by atoms with E-state index in [1.54, 1.807) is 13.3 Å². The van der Waals surface area contributed by atoms with Crippen LogP contribution in [0.5, 0.6) is 0 Å². The minimum atomic E-state index is 0.172. The SMILES string of the molecule is CNN/C=C\C(C)OC. The fraction of sp³-hybridized carbons (Fsp3) is 0.667. The largest absolute Gasteiger partial charge is 0.378 e. The molecular weight excluding hydrogens is 116 g/mol.